The second-order valence-corrected chi connectivity index (χ2v) is 13.2. The van der Waals surface area contributed by atoms with E-state index in [4.69, 9.17) is 0 Å². The topological polar surface area (TPSA) is 135 Å². The van der Waals surface area contributed by atoms with Crippen molar-refractivity contribution >= 4 is 17.7 Å². The maximum atomic E-state index is 13.6. The highest BCUT2D eigenvalue weighted by molar-refractivity contribution is 5.91. The molecule has 2 saturated carbocycles. The van der Waals surface area contributed by atoms with E-state index in [2.05, 4.69) is 16.7 Å². The average molecular weight is 542 g/mol. The van der Waals surface area contributed by atoms with Gasteiger partial charge < -0.3 is 20.6 Å². The van der Waals surface area contributed by atoms with Crippen LogP contribution in [0.25, 0.3) is 0 Å². The Balaban J connectivity index is 1.51. The number of carbonyl (C=O) groups excluding carboxylic acids is 3. The van der Waals surface area contributed by atoms with Crippen molar-refractivity contribution in [2.45, 2.75) is 84.4 Å². The lowest BCUT2D eigenvalue weighted by Crippen LogP contribution is -2.62. The Hall–Kier alpha value is -2.39. The number of piperidine rings is 1. The van der Waals surface area contributed by atoms with Crippen LogP contribution in [0.5, 0.6) is 0 Å². The van der Waals surface area contributed by atoms with Gasteiger partial charge in [-0.15, -0.1) is 0 Å². The molecule has 38 heavy (non-hydrogen) atoms. The molecule has 0 aromatic rings. The van der Waals surface area contributed by atoms with Crippen LogP contribution in [-0.2, 0) is 14.4 Å². The molecule has 2 aliphatic carbocycles. The van der Waals surface area contributed by atoms with E-state index in [9.17, 15) is 37.9 Å². The van der Waals surface area contributed by atoms with Crippen LogP contribution in [0.2, 0.25) is 0 Å². The molecule has 0 spiro atoms. The number of hydrogen-bond donors (Lipinski definition) is 4. The molecule has 5 aliphatic rings. The molecule has 7 atom stereocenters. The third-order valence-corrected chi connectivity index (χ3v) is 9.27. The number of aliphatic hydroxyl groups excluding tert-OH is 1. The number of carbonyl (C=O) groups is 3. The average Bonchev–Trinajstić information content (AvgIpc) is 3.17. The summed E-state index contributed by atoms with van der Waals surface area (Å²) in [5.74, 6) is -2.82. The van der Waals surface area contributed by atoms with Gasteiger partial charge in [-0.2, -0.15) is 18.4 Å². The largest absolute Gasteiger partial charge is 0.471 e. The van der Waals surface area contributed by atoms with E-state index in [1.807, 2.05) is 19.2 Å². The third kappa shape index (κ3) is 5.24. The molecule has 7 unspecified atom stereocenters. The van der Waals surface area contributed by atoms with E-state index in [1.54, 1.807) is 20.8 Å². The summed E-state index contributed by atoms with van der Waals surface area (Å²) in [6, 6.07) is -1.01. The summed E-state index contributed by atoms with van der Waals surface area (Å²) in [6.45, 7) is 9.54. The van der Waals surface area contributed by atoms with Gasteiger partial charge in [0, 0.05) is 19.0 Å². The SMILES string of the molecule is CC(C)(C)C(NC(=O)C(F)(F)F)C(=O)N1CC2C(C1C(O)NC(C#N)CC1C(=O)NCC3CC1C3)C2(C)C. The fourth-order valence-electron chi connectivity index (χ4n) is 6.86. The fraction of sp³-hybridized carbons (Fsp3) is 0.846. The summed E-state index contributed by atoms with van der Waals surface area (Å²) in [5.41, 5.74) is -1.24. The predicted molar refractivity (Wildman–Crippen MR) is 130 cm³/mol. The Morgan fingerprint density at radius 3 is 2.45 bits per heavy atom. The van der Waals surface area contributed by atoms with Crippen molar-refractivity contribution in [3.05, 3.63) is 0 Å². The van der Waals surface area contributed by atoms with Crippen LogP contribution in [0.4, 0.5) is 13.2 Å². The van der Waals surface area contributed by atoms with Crippen molar-refractivity contribution in [1.82, 2.24) is 20.9 Å². The van der Waals surface area contributed by atoms with Crippen LogP contribution in [-0.4, -0.2) is 71.3 Å². The second kappa shape index (κ2) is 9.66. The summed E-state index contributed by atoms with van der Waals surface area (Å²) < 4.78 is 39.1. The van der Waals surface area contributed by atoms with Crippen molar-refractivity contribution in [3.63, 3.8) is 0 Å². The molecule has 0 radical (unpaired) electrons. The van der Waals surface area contributed by atoms with Crippen LogP contribution in [0.15, 0.2) is 0 Å². The van der Waals surface area contributed by atoms with Gasteiger partial charge >= 0.3 is 12.1 Å². The minimum absolute atomic E-state index is 0.0203. The Bertz CT molecular complexity index is 1010. The first-order valence-corrected chi connectivity index (χ1v) is 13.3. The maximum Gasteiger partial charge on any atom is 0.471 e. The predicted octanol–water partition coefficient (Wildman–Crippen LogP) is 1.53. The van der Waals surface area contributed by atoms with E-state index in [0.717, 1.165) is 12.8 Å². The Morgan fingerprint density at radius 2 is 1.89 bits per heavy atom. The molecule has 9 nitrogen and oxygen atoms in total. The lowest BCUT2D eigenvalue weighted by Gasteiger charge is -2.40. The van der Waals surface area contributed by atoms with Gasteiger partial charge in [-0.1, -0.05) is 34.6 Å². The molecule has 0 aromatic carbocycles. The lowest BCUT2D eigenvalue weighted by molar-refractivity contribution is -0.176. The molecule has 3 heterocycles. The van der Waals surface area contributed by atoms with Crippen LogP contribution in [0.3, 0.4) is 0 Å². The zero-order chi connectivity index (χ0) is 28.4. The van der Waals surface area contributed by atoms with Gasteiger partial charge in [-0.25, -0.2) is 0 Å². The van der Waals surface area contributed by atoms with Gasteiger partial charge in [0.1, 0.15) is 12.3 Å². The molecule has 212 valence electrons. The van der Waals surface area contributed by atoms with Crippen molar-refractivity contribution in [3.8, 4) is 6.07 Å². The lowest BCUT2D eigenvalue weighted by atomic mass is 9.68. The molecule has 0 aromatic heterocycles. The Morgan fingerprint density at radius 1 is 1.26 bits per heavy atom. The molecule has 3 saturated heterocycles. The van der Waals surface area contributed by atoms with Gasteiger partial charge in [0.05, 0.1) is 18.2 Å². The van der Waals surface area contributed by atoms with Gasteiger partial charge in [0.15, 0.2) is 0 Å². The number of rotatable bonds is 7. The highest BCUT2D eigenvalue weighted by atomic mass is 19.4. The van der Waals surface area contributed by atoms with Crippen LogP contribution >= 0.6 is 0 Å². The van der Waals surface area contributed by atoms with Crippen molar-refractivity contribution < 1.29 is 32.7 Å². The zero-order valence-corrected chi connectivity index (χ0v) is 22.4. The number of alkyl halides is 3. The zero-order valence-electron chi connectivity index (χ0n) is 22.4. The van der Waals surface area contributed by atoms with E-state index < -0.39 is 47.8 Å². The standard InChI is InChI=1S/C26H38F3N5O4/c1-24(2,3)19(33-23(38)26(27,28)29)22(37)34-11-16-17(25(16,4)5)18(34)21(36)32-14(9-30)8-15-13-6-12(7-13)10-31-20(15)35/h12-19,21,32,36H,6-8,10-11H2,1-5H3,(H,31,35)(H,33,38). The summed E-state index contributed by atoms with van der Waals surface area (Å²) >= 11 is 0. The minimum Gasteiger partial charge on any atom is -0.376 e. The number of halogens is 3. The summed E-state index contributed by atoms with van der Waals surface area (Å²) in [5, 5.41) is 28.8. The van der Waals surface area contributed by atoms with Crippen molar-refractivity contribution in [2.24, 2.45) is 40.4 Å². The number of nitriles is 1. The molecule has 5 fully saturated rings. The van der Waals surface area contributed by atoms with E-state index in [-0.39, 0.29) is 48.0 Å². The first-order chi connectivity index (χ1) is 17.5. The highest BCUT2D eigenvalue weighted by Gasteiger charge is 2.69. The normalized spacial score (nSPS) is 34.0. The third-order valence-electron chi connectivity index (χ3n) is 9.27. The Labute approximate surface area is 220 Å². The molecular weight excluding hydrogens is 503 g/mol. The number of amides is 3. The minimum atomic E-state index is -5.15. The van der Waals surface area contributed by atoms with Crippen molar-refractivity contribution in [2.75, 3.05) is 13.1 Å². The quantitative estimate of drug-likeness (QED) is 0.361. The molecule has 3 amide bonds. The first-order valence-electron chi connectivity index (χ1n) is 13.3. The molecular formula is C26H38F3N5O4. The van der Waals surface area contributed by atoms with Crippen molar-refractivity contribution in [1.29, 1.82) is 5.26 Å². The van der Waals surface area contributed by atoms with Crippen LogP contribution in [0, 0.1) is 51.8 Å². The molecule has 4 N–H and O–H groups in total. The fourth-order valence-corrected chi connectivity index (χ4v) is 6.86. The molecule has 12 heteroatoms. The van der Waals surface area contributed by atoms with Gasteiger partial charge in [0.25, 0.3) is 0 Å². The van der Waals surface area contributed by atoms with Gasteiger partial charge in [0.2, 0.25) is 11.8 Å². The summed E-state index contributed by atoms with van der Waals surface area (Å²) in [7, 11) is 0. The highest BCUT2D eigenvalue weighted by Crippen LogP contribution is 2.65. The number of nitrogens with one attached hydrogen (secondary N) is 3. The smallest absolute Gasteiger partial charge is 0.376 e. The van der Waals surface area contributed by atoms with Crippen LogP contribution < -0.4 is 16.0 Å². The number of nitrogens with zero attached hydrogens (tertiary/aromatic N) is 2. The summed E-state index contributed by atoms with van der Waals surface area (Å²) in [6.07, 6.45) is -4.44. The second-order valence-electron chi connectivity index (χ2n) is 13.2. The molecule has 2 bridgehead atoms. The number of fused-ring (bicyclic) bond motifs is 4. The number of hydrogen-bond acceptors (Lipinski definition) is 6. The molecule has 5 rings (SSSR count). The maximum absolute atomic E-state index is 13.6. The van der Waals surface area contributed by atoms with E-state index in [0.29, 0.717) is 12.5 Å². The van der Waals surface area contributed by atoms with Gasteiger partial charge in [-0.3, -0.25) is 19.7 Å². The Kier molecular flexibility index (Phi) is 7.28. The monoisotopic (exact) mass is 541 g/mol. The van der Waals surface area contributed by atoms with E-state index in [1.165, 1.54) is 4.90 Å². The first kappa shape index (κ1) is 28.6. The van der Waals surface area contributed by atoms with Crippen LogP contribution in [0.1, 0.15) is 53.9 Å². The molecule has 3 aliphatic heterocycles. The number of likely N-dealkylation sites (tertiary alicyclic amines) is 1. The van der Waals surface area contributed by atoms with Gasteiger partial charge in [-0.05, 0) is 53.8 Å². The summed E-state index contributed by atoms with van der Waals surface area (Å²) in [4.78, 5) is 39.3. The van der Waals surface area contributed by atoms with E-state index >= 15 is 0 Å². The number of aliphatic hydroxyl groups is 1.